The van der Waals surface area contributed by atoms with E-state index in [0.29, 0.717) is 4.83 Å². The lowest BCUT2D eigenvalue weighted by molar-refractivity contribution is 0.449. The molecule has 2 heteroatoms. The summed E-state index contributed by atoms with van der Waals surface area (Å²) >= 11 is 5.69. The molecule has 0 nitrogen and oxygen atoms in total. The first-order chi connectivity index (χ1) is 6.79. The van der Waals surface area contributed by atoms with Crippen LogP contribution in [-0.2, 0) is 0 Å². The molecule has 1 heterocycles. The van der Waals surface area contributed by atoms with Gasteiger partial charge in [0.05, 0.1) is 4.83 Å². The van der Waals surface area contributed by atoms with Crippen molar-refractivity contribution in [3.05, 3.63) is 22.4 Å². The lowest BCUT2D eigenvalue weighted by Gasteiger charge is -2.19. The number of hydrogen-bond donors (Lipinski definition) is 0. The highest BCUT2D eigenvalue weighted by atomic mass is 79.9. The van der Waals surface area contributed by atoms with Crippen LogP contribution in [0.1, 0.15) is 49.2 Å². The van der Waals surface area contributed by atoms with Crippen molar-refractivity contribution in [2.24, 2.45) is 5.92 Å². The SMILES string of the molecule is CCCCC(CC)C(Br)c1cccs1. The summed E-state index contributed by atoms with van der Waals surface area (Å²) < 4.78 is 0. The molecule has 0 radical (unpaired) electrons. The summed E-state index contributed by atoms with van der Waals surface area (Å²) in [6, 6.07) is 4.37. The van der Waals surface area contributed by atoms with Gasteiger partial charge >= 0.3 is 0 Å². The third kappa shape index (κ3) is 3.39. The minimum Gasteiger partial charge on any atom is -0.148 e. The lowest BCUT2D eigenvalue weighted by Crippen LogP contribution is -2.05. The topological polar surface area (TPSA) is 0 Å². The molecule has 0 aliphatic heterocycles. The summed E-state index contributed by atoms with van der Waals surface area (Å²) in [5.74, 6) is 0.800. The molecule has 0 aliphatic rings. The predicted molar refractivity (Wildman–Crippen MR) is 69.3 cm³/mol. The van der Waals surface area contributed by atoms with Gasteiger partial charge in [-0.15, -0.1) is 11.3 Å². The quantitative estimate of drug-likeness (QED) is 0.610. The number of halogens is 1. The van der Waals surface area contributed by atoms with Gasteiger partial charge in [0.15, 0.2) is 0 Å². The summed E-state index contributed by atoms with van der Waals surface area (Å²) in [4.78, 5) is 2.05. The molecular formula is C12H19BrS. The summed E-state index contributed by atoms with van der Waals surface area (Å²) in [7, 11) is 0. The molecule has 0 N–H and O–H groups in total. The van der Waals surface area contributed by atoms with Crippen LogP contribution in [0, 0.1) is 5.92 Å². The van der Waals surface area contributed by atoms with E-state index in [2.05, 4.69) is 47.3 Å². The Morgan fingerprint density at radius 2 is 2.21 bits per heavy atom. The van der Waals surface area contributed by atoms with E-state index in [4.69, 9.17) is 0 Å². The Morgan fingerprint density at radius 3 is 2.71 bits per heavy atom. The second-order valence-corrected chi connectivity index (χ2v) is 5.69. The van der Waals surface area contributed by atoms with Crippen molar-refractivity contribution >= 4 is 27.3 Å². The van der Waals surface area contributed by atoms with Crippen LogP contribution in [0.25, 0.3) is 0 Å². The van der Waals surface area contributed by atoms with E-state index in [0.717, 1.165) is 5.92 Å². The van der Waals surface area contributed by atoms with Crippen LogP contribution in [0.2, 0.25) is 0 Å². The normalized spacial score (nSPS) is 15.4. The molecule has 0 saturated heterocycles. The zero-order valence-electron chi connectivity index (χ0n) is 9.00. The molecule has 14 heavy (non-hydrogen) atoms. The van der Waals surface area contributed by atoms with E-state index < -0.39 is 0 Å². The summed E-state index contributed by atoms with van der Waals surface area (Å²) in [5.41, 5.74) is 0. The third-order valence-corrected chi connectivity index (χ3v) is 5.18. The van der Waals surface area contributed by atoms with Crippen molar-refractivity contribution in [2.75, 3.05) is 0 Å². The predicted octanol–water partition coefficient (Wildman–Crippen LogP) is 5.40. The van der Waals surface area contributed by atoms with Crippen LogP contribution < -0.4 is 0 Å². The number of alkyl halides is 1. The average Bonchev–Trinajstić information content (AvgIpc) is 2.71. The maximum atomic E-state index is 3.83. The Kier molecular flexibility index (Phi) is 5.80. The molecule has 0 aliphatic carbocycles. The summed E-state index contributed by atoms with van der Waals surface area (Å²) in [6.45, 7) is 4.56. The Balaban J connectivity index is 2.51. The molecule has 80 valence electrons. The molecule has 1 aromatic rings. The first-order valence-electron chi connectivity index (χ1n) is 5.47. The van der Waals surface area contributed by atoms with Gasteiger partial charge in [-0.25, -0.2) is 0 Å². The van der Waals surface area contributed by atoms with Crippen LogP contribution in [-0.4, -0.2) is 0 Å². The highest BCUT2D eigenvalue weighted by Gasteiger charge is 2.18. The van der Waals surface area contributed by atoms with Crippen LogP contribution in [0.3, 0.4) is 0 Å². The molecule has 0 spiro atoms. The maximum absolute atomic E-state index is 3.83. The molecular weight excluding hydrogens is 256 g/mol. The molecule has 2 atom stereocenters. The van der Waals surface area contributed by atoms with Gasteiger partial charge in [0.25, 0.3) is 0 Å². The minimum atomic E-state index is 0.569. The van der Waals surface area contributed by atoms with Gasteiger partial charge < -0.3 is 0 Å². The highest BCUT2D eigenvalue weighted by molar-refractivity contribution is 9.09. The zero-order chi connectivity index (χ0) is 10.4. The van der Waals surface area contributed by atoms with Crippen molar-refractivity contribution < 1.29 is 0 Å². The molecule has 0 saturated carbocycles. The van der Waals surface area contributed by atoms with E-state index in [1.54, 1.807) is 0 Å². The largest absolute Gasteiger partial charge is 0.148 e. The first kappa shape index (κ1) is 12.3. The molecule has 1 aromatic heterocycles. The molecule has 0 aromatic carbocycles. The fourth-order valence-electron chi connectivity index (χ4n) is 1.70. The van der Waals surface area contributed by atoms with E-state index in [9.17, 15) is 0 Å². The van der Waals surface area contributed by atoms with Crippen LogP contribution >= 0.6 is 27.3 Å². The van der Waals surface area contributed by atoms with Gasteiger partial charge in [-0.2, -0.15) is 0 Å². The second kappa shape index (κ2) is 6.62. The van der Waals surface area contributed by atoms with Gasteiger partial charge in [0.1, 0.15) is 0 Å². The van der Waals surface area contributed by atoms with Crippen LogP contribution in [0.5, 0.6) is 0 Å². The molecule has 0 fully saturated rings. The molecule has 0 bridgehead atoms. The number of thiophene rings is 1. The van der Waals surface area contributed by atoms with E-state index in [1.807, 2.05) is 11.3 Å². The van der Waals surface area contributed by atoms with E-state index >= 15 is 0 Å². The number of rotatable bonds is 6. The van der Waals surface area contributed by atoms with Gasteiger partial charge in [-0.05, 0) is 23.8 Å². The lowest BCUT2D eigenvalue weighted by atomic mass is 9.95. The maximum Gasteiger partial charge on any atom is 0.0517 e. The first-order valence-corrected chi connectivity index (χ1v) is 7.26. The molecule has 0 amide bonds. The van der Waals surface area contributed by atoms with Crippen molar-refractivity contribution in [2.45, 2.75) is 44.4 Å². The second-order valence-electron chi connectivity index (χ2n) is 3.73. The monoisotopic (exact) mass is 274 g/mol. The fourth-order valence-corrected chi connectivity index (χ4v) is 3.61. The Bertz CT molecular complexity index is 230. The number of hydrogen-bond acceptors (Lipinski definition) is 1. The summed E-state index contributed by atoms with van der Waals surface area (Å²) in [5, 5.41) is 2.16. The van der Waals surface area contributed by atoms with Crippen molar-refractivity contribution in [3.8, 4) is 0 Å². The standard InChI is InChI=1S/C12H19BrS/c1-3-5-7-10(4-2)12(13)11-8-6-9-14-11/h6,8-10,12H,3-5,7H2,1-2H3. The Labute approximate surface area is 99.9 Å². The van der Waals surface area contributed by atoms with Crippen molar-refractivity contribution in [1.29, 1.82) is 0 Å². The van der Waals surface area contributed by atoms with Crippen molar-refractivity contribution in [1.82, 2.24) is 0 Å². The average molecular weight is 275 g/mol. The smallest absolute Gasteiger partial charge is 0.0517 e. The summed E-state index contributed by atoms with van der Waals surface area (Å²) in [6.07, 6.45) is 5.28. The van der Waals surface area contributed by atoms with Gasteiger partial charge in [0.2, 0.25) is 0 Å². The molecule has 1 rings (SSSR count). The molecule has 2 unspecified atom stereocenters. The van der Waals surface area contributed by atoms with E-state index in [1.165, 1.54) is 30.6 Å². The van der Waals surface area contributed by atoms with Crippen LogP contribution in [0.4, 0.5) is 0 Å². The Morgan fingerprint density at radius 1 is 1.43 bits per heavy atom. The Hall–Kier alpha value is 0.180. The highest BCUT2D eigenvalue weighted by Crippen LogP contribution is 2.38. The van der Waals surface area contributed by atoms with Crippen molar-refractivity contribution in [3.63, 3.8) is 0 Å². The van der Waals surface area contributed by atoms with Gasteiger partial charge in [-0.3, -0.25) is 0 Å². The third-order valence-electron chi connectivity index (χ3n) is 2.68. The van der Waals surface area contributed by atoms with Gasteiger partial charge in [-0.1, -0.05) is 55.1 Å². The van der Waals surface area contributed by atoms with Gasteiger partial charge in [0, 0.05) is 4.88 Å². The van der Waals surface area contributed by atoms with E-state index in [-0.39, 0.29) is 0 Å². The zero-order valence-corrected chi connectivity index (χ0v) is 11.4. The minimum absolute atomic E-state index is 0.569. The fraction of sp³-hybridized carbons (Fsp3) is 0.667. The van der Waals surface area contributed by atoms with Crippen LogP contribution in [0.15, 0.2) is 17.5 Å². The number of unbranched alkanes of at least 4 members (excludes halogenated alkanes) is 1.